The highest BCUT2D eigenvalue weighted by atomic mass is 32.2. The largest absolute Gasteiger partial charge is 0.496 e. The highest BCUT2D eigenvalue weighted by Crippen LogP contribution is 2.26. The first-order valence-electron chi connectivity index (χ1n) is 5.08. The van der Waals surface area contributed by atoms with Gasteiger partial charge in [-0.1, -0.05) is 25.1 Å². The third-order valence-electron chi connectivity index (χ3n) is 2.18. The van der Waals surface area contributed by atoms with Gasteiger partial charge in [-0.3, -0.25) is 4.79 Å². The summed E-state index contributed by atoms with van der Waals surface area (Å²) in [5.74, 6) is 0.885. The number of benzene rings is 1. The van der Waals surface area contributed by atoms with Gasteiger partial charge in [0, 0.05) is 16.6 Å². The molecule has 0 amide bonds. The van der Waals surface area contributed by atoms with E-state index in [9.17, 15) is 4.79 Å². The summed E-state index contributed by atoms with van der Waals surface area (Å²) < 4.78 is 5.23. The Morgan fingerprint density at radius 1 is 1.50 bits per heavy atom. The van der Waals surface area contributed by atoms with Crippen molar-refractivity contribution in [2.45, 2.75) is 24.3 Å². The number of ether oxygens (including phenoxy) is 1. The molecule has 0 bridgehead atoms. The van der Waals surface area contributed by atoms with Crippen molar-refractivity contribution in [1.29, 1.82) is 0 Å². The monoisotopic (exact) mass is 240 g/mol. The predicted molar refractivity (Wildman–Crippen MR) is 66.0 cm³/mol. The van der Waals surface area contributed by atoms with E-state index in [1.807, 2.05) is 31.2 Å². The summed E-state index contributed by atoms with van der Waals surface area (Å²) in [5.41, 5.74) is 1.10. The van der Waals surface area contributed by atoms with Crippen LogP contribution in [0, 0.1) is 0 Å². The maximum Gasteiger partial charge on any atom is 0.304 e. The second-order valence-electron chi connectivity index (χ2n) is 3.53. The second kappa shape index (κ2) is 6.43. The SMILES string of the molecule is COc1ccccc1CSC(C)CC(=O)O. The lowest BCUT2D eigenvalue weighted by atomic mass is 10.2. The first-order chi connectivity index (χ1) is 7.63. The van der Waals surface area contributed by atoms with E-state index in [2.05, 4.69) is 0 Å². The Morgan fingerprint density at radius 3 is 2.81 bits per heavy atom. The van der Waals surface area contributed by atoms with E-state index in [0.29, 0.717) is 0 Å². The molecular formula is C12H16O3S. The highest BCUT2D eigenvalue weighted by molar-refractivity contribution is 7.99. The average molecular weight is 240 g/mol. The standard InChI is InChI=1S/C12H16O3S/c1-9(7-12(13)14)16-8-10-5-3-4-6-11(10)15-2/h3-6,9H,7-8H2,1-2H3,(H,13,14). The predicted octanol–water partition coefficient (Wildman–Crippen LogP) is 2.79. The molecule has 0 saturated heterocycles. The van der Waals surface area contributed by atoms with Crippen molar-refractivity contribution in [3.8, 4) is 5.75 Å². The molecule has 0 radical (unpaired) electrons. The highest BCUT2D eigenvalue weighted by Gasteiger charge is 2.09. The van der Waals surface area contributed by atoms with E-state index in [0.717, 1.165) is 17.1 Å². The molecule has 1 atom stereocenters. The van der Waals surface area contributed by atoms with E-state index in [1.54, 1.807) is 18.9 Å². The van der Waals surface area contributed by atoms with Crippen LogP contribution in [0.1, 0.15) is 18.9 Å². The minimum atomic E-state index is -0.750. The van der Waals surface area contributed by atoms with Crippen LogP contribution < -0.4 is 4.74 Å². The van der Waals surface area contributed by atoms with Gasteiger partial charge in [0.25, 0.3) is 0 Å². The summed E-state index contributed by atoms with van der Waals surface area (Å²) in [6, 6.07) is 7.80. The third kappa shape index (κ3) is 4.14. The molecule has 0 aliphatic rings. The zero-order chi connectivity index (χ0) is 12.0. The molecule has 1 aromatic rings. The summed E-state index contributed by atoms with van der Waals surface area (Å²) in [5, 5.41) is 8.76. The Morgan fingerprint density at radius 2 is 2.19 bits per heavy atom. The maximum absolute atomic E-state index is 10.5. The van der Waals surface area contributed by atoms with Gasteiger partial charge in [0.1, 0.15) is 5.75 Å². The molecule has 0 fully saturated rings. The number of carboxylic acids is 1. The molecule has 0 saturated carbocycles. The van der Waals surface area contributed by atoms with Crippen LogP contribution in [0.3, 0.4) is 0 Å². The Kier molecular flexibility index (Phi) is 5.19. The summed E-state index contributed by atoms with van der Waals surface area (Å²) in [6.07, 6.45) is 0.194. The van der Waals surface area contributed by atoms with E-state index < -0.39 is 5.97 Å². The van der Waals surface area contributed by atoms with E-state index in [1.165, 1.54) is 0 Å². The first-order valence-corrected chi connectivity index (χ1v) is 6.13. The second-order valence-corrected chi connectivity index (χ2v) is 4.96. The summed E-state index contributed by atoms with van der Waals surface area (Å²) in [7, 11) is 1.64. The number of para-hydroxylation sites is 1. The molecule has 1 rings (SSSR count). The lowest BCUT2D eigenvalue weighted by Gasteiger charge is -2.11. The van der Waals surface area contributed by atoms with Gasteiger partial charge in [0.15, 0.2) is 0 Å². The van der Waals surface area contributed by atoms with Crippen LogP contribution in [0.2, 0.25) is 0 Å². The minimum Gasteiger partial charge on any atom is -0.496 e. The Labute approximate surface area is 99.8 Å². The van der Waals surface area contributed by atoms with Gasteiger partial charge in [-0.2, -0.15) is 11.8 Å². The average Bonchev–Trinajstić information content (AvgIpc) is 2.26. The maximum atomic E-state index is 10.5. The number of carboxylic acid groups (broad SMARTS) is 1. The van der Waals surface area contributed by atoms with Crippen molar-refractivity contribution < 1.29 is 14.6 Å². The van der Waals surface area contributed by atoms with Crippen LogP contribution >= 0.6 is 11.8 Å². The molecule has 0 aliphatic heterocycles. The number of hydrogen-bond acceptors (Lipinski definition) is 3. The number of thioether (sulfide) groups is 1. The number of methoxy groups -OCH3 is 1. The van der Waals surface area contributed by atoms with E-state index in [4.69, 9.17) is 9.84 Å². The van der Waals surface area contributed by atoms with Crippen LogP contribution in [0.4, 0.5) is 0 Å². The summed E-state index contributed by atoms with van der Waals surface area (Å²) in [6.45, 7) is 1.92. The number of rotatable bonds is 6. The molecule has 0 spiro atoms. The van der Waals surface area contributed by atoms with Gasteiger partial charge in [0.2, 0.25) is 0 Å². The minimum absolute atomic E-state index is 0.113. The fourth-order valence-electron chi connectivity index (χ4n) is 1.36. The Balaban J connectivity index is 2.50. The third-order valence-corrected chi connectivity index (χ3v) is 3.39. The van der Waals surface area contributed by atoms with Gasteiger partial charge in [-0.25, -0.2) is 0 Å². The van der Waals surface area contributed by atoms with Crippen LogP contribution in [-0.4, -0.2) is 23.4 Å². The fourth-order valence-corrected chi connectivity index (χ4v) is 2.32. The topological polar surface area (TPSA) is 46.5 Å². The normalized spacial score (nSPS) is 12.1. The van der Waals surface area contributed by atoms with Crippen molar-refractivity contribution in [3.63, 3.8) is 0 Å². The lowest BCUT2D eigenvalue weighted by molar-refractivity contribution is -0.136. The van der Waals surface area contributed by atoms with Crippen LogP contribution in [0.25, 0.3) is 0 Å². The van der Waals surface area contributed by atoms with Gasteiger partial charge < -0.3 is 9.84 Å². The Hall–Kier alpha value is -1.16. The lowest BCUT2D eigenvalue weighted by Crippen LogP contribution is -2.06. The molecule has 0 heterocycles. The van der Waals surface area contributed by atoms with Gasteiger partial charge >= 0.3 is 5.97 Å². The van der Waals surface area contributed by atoms with Crippen LogP contribution in [-0.2, 0) is 10.5 Å². The zero-order valence-corrected chi connectivity index (χ0v) is 10.3. The first kappa shape index (κ1) is 12.9. The van der Waals surface area contributed by atoms with Crippen LogP contribution in [0.15, 0.2) is 24.3 Å². The van der Waals surface area contributed by atoms with Crippen molar-refractivity contribution >= 4 is 17.7 Å². The molecule has 16 heavy (non-hydrogen) atoms. The molecular weight excluding hydrogens is 224 g/mol. The fraction of sp³-hybridized carbons (Fsp3) is 0.417. The molecule has 1 N–H and O–H groups in total. The van der Waals surface area contributed by atoms with Crippen molar-refractivity contribution in [1.82, 2.24) is 0 Å². The quantitative estimate of drug-likeness (QED) is 0.830. The van der Waals surface area contributed by atoms with Gasteiger partial charge in [-0.05, 0) is 6.07 Å². The Bertz CT molecular complexity index is 352. The number of hydrogen-bond donors (Lipinski definition) is 1. The van der Waals surface area contributed by atoms with E-state index >= 15 is 0 Å². The van der Waals surface area contributed by atoms with Gasteiger partial charge in [-0.15, -0.1) is 0 Å². The van der Waals surface area contributed by atoms with Crippen molar-refractivity contribution in [2.75, 3.05) is 7.11 Å². The smallest absolute Gasteiger partial charge is 0.304 e. The molecule has 1 aromatic carbocycles. The van der Waals surface area contributed by atoms with Crippen molar-refractivity contribution in [2.24, 2.45) is 0 Å². The number of aliphatic carboxylic acids is 1. The van der Waals surface area contributed by atoms with Crippen molar-refractivity contribution in [3.05, 3.63) is 29.8 Å². The molecule has 0 aliphatic carbocycles. The van der Waals surface area contributed by atoms with Gasteiger partial charge in [0.05, 0.1) is 13.5 Å². The molecule has 1 unspecified atom stereocenters. The van der Waals surface area contributed by atoms with E-state index in [-0.39, 0.29) is 11.7 Å². The molecule has 3 nitrogen and oxygen atoms in total. The van der Waals surface area contributed by atoms with Crippen LogP contribution in [0.5, 0.6) is 5.75 Å². The summed E-state index contributed by atoms with van der Waals surface area (Å²) in [4.78, 5) is 10.5. The zero-order valence-electron chi connectivity index (χ0n) is 9.47. The number of carbonyl (C=O) groups is 1. The summed E-state index contributed by atoms with van der Waals surface area (Å²) >= 11 is 1.63. The molecule has 88 valence electrons. The molecule has 4 heteroatoms. The molecule has 0 aromatic heterocycles.